The molecule has 0 unspecified atom stereocenters. The van der Waals surface area contributed by atoms with E-state index in [0.717, 1.165) is 12.0 Å². The number of hydrogen-bond acceptors (Lipinski definition) is 1. The van der Waals surface area contributed by atoms with E-state index in [2.05, 4.69) is 12.2 Å². The molecule has 1 aliphatic carbocycles. The van der Waals surface area contributed by atoms with Gasteiger partial charge in [0, 0.05) is 6.04 Å². The minimum absolute atomic E-state index is 0.833. The molecule has 7 heavy (non-hydrogen) atoms. The summed E-state index contributed by atoms with van der Waals surface area (Å²) < 4.78 is 0. The summed E-state index contributed by atoms with van der Waals surface area (Å²) in [4.78, 5) is 0. The third-order valence-corrected chi connectivity index (χ3v) is 1.99. The monoisotopic (exact) mass is 99.1 g/mol. The lowest BCUT2D eigenvalue weighted by Gasteiger charge is -2.33. The average Bonchev–Trinajstić information content (AvgIpc) is 1.65. The highest BCUT2D eigenvalue weighted by Gasteiger charge is 2.23. The van der Waals surface area contributed by atoms with Crippen molar-refractivity contribution in [2.45, 2.75) is 25.8 Å². The van der Waals surface area contributed by atoms with Gasteiger partial charge in [-0.3, -0.25) is 0 Å². The van der Waals surface area contributed by atoms with Gasteiger partial charge in [0.15, 0.2) is 0 Å². The first-order valence-electron chi connectivity index (χ1n) is 3.02. The van der Waals surface area contributed by atoms with Gasteiger partial charge < -0.3 is 5.32 Å². The predicted octanol–water partition coefficient (Wildman–Crippen LogP) is 1.00. The Morgan fingerprint density at radius 3 is 2.14 bits per heavy atom. The van der Waals surface area contributed by atoms with Crippen LogP contribution in [0.4, 0.5) is 0 Å². The van der Waals surface area contributed by atoms with Crippen LogP contribution in [0.25, 0.3) is 0 Å². The van der Waals surface area contributed by atoms with Gasteiger partial charge in [-0.1, -0.05) is 6.92 Å². The molecule has 0 heterocycles. The first-order valence-corrected chi connectivity index (χ1v) is 3.02. The highest BCUT2D eigenvalue weighted by atomic mass is 14.9. The van der Waals surface area contributed by atoms with Crippen LogP contribution in [-0.2, 0) is 0 Å². The highest BCUT2D eigenvalue weighted by molar-refractivity contribution is 4.81. The molecule has 0 aromatic carbocycles. The lowest BCUT2D eigenvalue weighted by molar-refractivity contribution is 0.243. The molecule has 0 bridgehead atoms. The van der Waals surface area contributed by atoms with E-state index in [-0.39, 0.29) is 0 Å². The fraction of sp³-hybridized carbons (Fsp3) is 1.00. The molecule has 1 heteroatoms. The summed E-state index contributed by atoms with van der Waals surface area (Å²) in [5.74, 6) is 0.935. The summed E-state index contributed by atoms with van der Waals surface area (Å²) >= 11 is 0. The summed E-state index contributed by atoms with van der Waals surface area (Å²) in [5.41, 5.74) is 0. The molecule has 0 spiro atoms. The van der Waals surface area contributed by atoms with Gasteiger partial charge in [-0.2, -0.15) is 0 Å². The van der Waals surface area contributed by atoms with Crippen molar-refractivity contribution in [3.63, 3.8) is 0 Å². The van der Waals surface area contributed by atoms with E-state index in [4.69, 9.17) is 0 Å². The summed E-state index contributed by atoms with van der Waals surface area (Å²) in [6.45, 7) is 2.30. The van der Waals surface area contributed by atoms with E-state index in [1.807, 2.05) is 7.05 Å². The van der Waals surface area contributed by atoms with E-state index in [9.17, 15) is 0 Å². The third kappa shape index (κ3) is 0.778. The molecule has 1 fully saturated rings. The van der Waals surface area contributed by atoms with Crippen LogP contribution in [0, 0.1) is 5.92 Å². The molecule has 0 radical (unpaired) electrons. The Morgan fingerprint density at radius 2 is 2.14 bits per heavy atom. The zero-order valence-corrected chi connectivity index (χ0v) is 5.07. The van der Waals surface area contributed by atoms with Gasteiger partial charge in [0.1, 0.15) is 0 Å². The SMILES string of the molecule is CN[C@@H]1CC[C@@H]1C. The topological polar surface area (TPSA) is 12.0 Å². The molecule has 0 aliphatic heterocycles. The van der Waals surface area contributed by atoms with Crippen LogP contribution in [0.1, 0.15) is 19.8 Å². The Balaban J connectivity index is 2.16. The van der Waals surface area contributed by atoms with Crippen LogP contribution >= 0.6 is 0 Å². The van der Waals surface area contributed by atoms with Crippen LogP contribution in [0.2, 0.25) is 0 Å². The molecular formula is C6H13N. The maximum atomic E-state index is 3.25. The van der Waals surface area contributed by atoms with Gasteiger partial charge in [-0.05, 0) is 25.8 Å². The quantitative estimate of drug-likeness (QED) is 0.517. The zero-order valence-electron chi connectivity index (χ0n) is 5.07. The van der Waals surface area contributed by atoms with Gasteiger partial charge in [-0.25, -0.2) is 0 Å². The van der Waals surface area contributed by atoms with Gasteiger partial charge in [0.25, 0.3) is 0 Å². The fourth-order valence-electron chi connectivity index (χ4n) is 1.10. The molecule has 1 N–H and O–H groups in total. The van der Waals surface area contributed by atoms with Gasteiger partial charge in [-0.15, -0.1) is 0 Å². The van der Waals surface area contributed by atoms with Crippen molar-refractivity contribution in [1.29, 1.82) is 0 Å². The second kappa shape index (κ2) is 1.83. The average molecular weight is 99.2 g/mol. The van der Waals surface area contributed by atoms with E-state index in [1.54, 1.807) is 0 Å². The van der Waals surface area contributed by atoms with Crippen molar-refractivity contribution in [2.24, 2.45) is 5.92 Å². The van der Waals surface area contributed by atoms with Crippen LogP contribution in [0.5, 0.6) is 0 Å². The molecule has 0 aromatic heterocycles. The van der Waals surface area contributed by atoms with Crippen LogP contribution in [0.3, 0.4) is 0 Å². The molecule has 0 amide bonds. The van der Waals surface area contributed by atoms with Crippen molar-refractivity contribution >= 4 is 0 Å². The van der Waals surface area contributed by atoms with Crippen LogP contribution in [0.15, 0.2) is 0 Å². The Kier molecular flexibility index (Phi) is 1.33. The standard InChI is InChI=1S/C6H13N/c1-5-3-4-6(5)7-2/h5-7H,3-4H2,1-2H3/t5-,6+/m0/s1. The maximum absolute atomic E-state index is 3.25. The molecule has 0 aromatic rings. The van der Waals surface area contributed by atoms with Gasteiger partial charge in [0.05, 0.1) is 0 Å². The first kappa shape index (κ1) is 5.10. The van der Waals surface area contributed by atoms with Crippen LogP contribution < -0.4 is 5.32 Å². The molecule has 42 valence electrons. The summed E-state index contributed by atoms with van der Waals surface area (Å²) in [5, 5.41) is 3.25. The lowest BCUT2D eigenvalue weighted by atomic mass is 9.81. The summed E-state index contributed by atoms with van der Waals surface area (Å²) in [6.07, 6.45) is 2.81. The minimum atomic E-state index is 0.833. The predicted molar refractivity (Wildman–Crippen MR) is 31.2 cm³/mol. The smallest absolute Gasteiger partial charge is 0.00898 e. The van der Waals surface area contributed by atoms with E-state index in [0.29, 0.717) is 0 Å². The Morgan fingerprint density at radius 1 is 1.43 bits per heavy atom. The largest absolute Gasteiger partial charge is 0.317 e. The number of rotatable bonds is 1. The van der Waals surface area contributed by atoms with Crippen molar-refractivity contribution in [2.75, 3.05) is 7.05 Å². The molecular weight excluding hydrogens is 86.1 g/mol. The van der Waals surface area contributed by atoms with Crippen molar-refractivity contribution in [3.8, 4) is 0 Å². The fourth-order valence-corrected chi connectivity index (χ4v) is 1.10. The van der Waals surface area contributed by atoms with Crippen molar-refractivity contribution in [3.05, 3.63) is 0 Å². The summed E-state index contributed by atoms with van der Waals surface area (Å²) in [7, 11) is 2.04. The van der Waals surface area contributed by atoms with Crippen molar-refractivity contribution < 1.29 is 0 Å². The van der Waals surface area contributed by atoms with Gasteiger partial charge in [0.2, 0.25) is 0 Å². The second-order valence-electron chi connectivity index (χ2n) is 2.45. The third-order valence-electron chi connectivity index (χ3n) is 1.99. The Hall–Kier alpha value is -0.0400. The van der Waals surface area contributed by atoms with Gasteiger partial charge >= 0.3 is 0 Å². The lowest BCUT2D eigenvalue weighted by Crippen LogP contribution is -2.39. The Bertz CT molecular complexity index is 59.2. The van der Waals surface area contributed by atoms with Crippen molar-refractivity contribution in [1.82, 2.24) is 5.32 Å². The van der Waals surface area contributed by atoms with E-state index < -0.39 is 0 Å². The Labute approximate surface area is 45.1 Å². The molecule has 1 rings (SSSR count). The number of hydrogen-bond donors (Lipinski definition) is 1. The molecule has 0 saturated heterocycles. The highest BCUT2D eigenvalue weighted by Crippen LogP contribution is 2.25. The van der Waals surface area contributed by atoms with E-state index in [1.165, 1.54) is 12.8 Å². The molecule has 1 saturated carbocycles. The normalized spacial score (nSPS) is 40.3. The molecule has 2 atom stereocenters. The summed E-state index contributed by atoms with van der Waals surface area (Å²) in [6, 6.07) is 0.833. The maximum Gasteiger partial charge on any atom is 0.00898 e. The molecule has 1 aliphatic rings. The number of nitrogens with one attached hydrogen (secondary N) is 1. The minimum Gasteiger partial charge on any atom is -0.317 e. The van der Waals surface area contributed by atoms with E-state index >= 15 is 0 Å². The zero-order chi connectivity index (χ0) is 5.28. The second-order valence-corrected chi connectivity index (χ2v) is 2.45. The van der Waals surface area contributed by atoms with Crippen LogP contribution in [-0.4, -0.2) is 13.1 Å². The molecule has 1 nitrogen and oxygen atoms in total. The first-order chi connectivity index (χ1) is 3.34.